The predicted molar refractivity (Wildman–Crippen MR) is 144 cm³/mol. The Morgan fingerprint density at radius 3 is 1.82 bits per heavy atom. The molecule has 7 nitrogen and oxygen atoms in total. The van der Waals surface area contributed by atoms with E-state index in [9.17, 15) is 14.0 Å². The number of rotatable bonds is 16. The molecule has 0 bridgehead atoms. The fourth-order valence-corrected chi connectivity index (χ4v) is 4.35. The highest BCUT2D eigenvalue weighted by molar-refractivity contribution is 6.21. The first-order valence-corrected chi connectivity index (χ1v) is 12.9. The molecule has 0 aliphatic carbocycles. The second kappa shape index (κ2) is 14.5. The lowest BCUT2D eigenvalue weighted by Crippen LogP contribution is -2.34. The molecule has 0 aromatic heterocycles. The summed E-state index contributed by atoms with van der Waals surface area (Å²) in [5.41, 5.74) is 3.05. The molecule has 3 aromatic rings. The van der Waals surface area contributed by atoms with Gasteiger partial charge in [-0.1, -0.05) is 72.8 Å². The van der Waals surface area contributed by atoms with Crippen LogP contribution in [0.25, 0.3) is 0 Å². The number of carbonyl (C=O) groups excluding carboxylic acids is 2. The number of ether oxygens (including phenoxy) is 2. The maximum absolute atomic E-state index is 14.5. The Morgan fingerprint density at radius 1 is 0.711 bits per heavy atom. The molecule has 2 N–H and O–H groups in total. The largest absolute Gasteiger partial charge is 0.378 e. The number of carbonyl (C=O) groups is 2. The van der Waals surface area contributed by atoms with Crippen molar-refractivity contribution in [1.82, 2.24) is 15.5 Å². The third-order valence-electron chi connectivity index (χ3n) is 6.29. The highest BCUT2D eigenvalue weighted by Gasteiger charge is 2.34. The van der Waals surface area contributed by atoms with Crippen molar-refractivity contribution in [2.24, 2.45) is 0 Å². The van der Waals surface area contributed by atoms with E-state index in [1.165, 1.54) is 4.90 Å². The molecule has 1 unspecified atom stereocenters. The van der Waals surface area contributed by atoms with Crippen molar-refractivity contribution in [3.8, 4) is 0 Å². The number of hydrogen-bond donors (Lipinski definition) is 2. The zero-order valence-electron chi connectivity index (χ0n) is 21.4. The van der Waals surface area contributed by atoms with Gasteiger partial charge in [-0.25, -0.2) is 4.39 Å². The Labute approximate surface area is 222 Å². The van der Waals surface area contributed by atoms with Crippen molar-refractivity contribution >= 4 is 11.8 Å². The van der Waals surface area contributed by atoms with Gasteiger partial charge in [0.05, 0.1) is 50.1 Å². The summed E-state index contributed by atoms with van der Waals surface area (Å²) in [4.78, 5) is 25.9. The van der Waals surface area contributed by atoms with Crippen LogP contribution in [0.1, 0.15) is 37.9 Å². The lowest BCUT2D eigenvalue weighted by atomic mass is 9.98. The minimum atomic E-state index is -1.13. The van der Waals surface area contributed by atoms with Crippen molar-refractivity contribution in [3.05, 3.63) is 107 Å². The molecule has 8 heteroatoms. The van der Waals surface area contributed by atoms with Crippen LogP contribution in [0.4, 0.5) is 4.39 Å². The number of alkyl halides is 1. The Kier molecular flexibility index (Phi) is 10.5. The summed E-state index contributed by atoms with van der Waals surface area (Å²) in [6.45, 7) is 2.66. The zero-order chi connectivity index (χ0) is 26.6. The first-order chi connectivity index (χ1) is 18.6. The fourth-order valence-electron chi connectivity index (χ4n) is 4.35. The van der Waals surface area contributed by atoms with Crippen LogP contribution in [-0.2, 0) is 9.47 Å². The molecule has 1 heterocycles. The Morgan fingerprint density at radius 2 is 1.24 bits per heavy atom. The zero-order valence-corrected chi connectivity index (χ0v) is 21.4. The molecule has 200 valence electrons. The van der Waals surface area contributed by atoms with Gasteiger partial charge in [-0.3, -0.25) is 14.5 Å². The Balaban J connectivity index is 1.04. The minimum absolute atomic E-state index is 0.0156. The van der Waals surface area contributed by atoms with E-state index in [1.807, 2.05) is 60.7 Å². The van der Waals surface area contributed by atoms with E-state index in [1.54, 1.807) is 24.3 Å². The molecule has 1 aliphatic rings. The summed E-state index contributed by atoms with van der Waals surface area (Å²) in [6.07, 6.45) is -1.13. The first-order valence-electron chi connectivity index (χ1n) is 12.9. The summed E-state index contributed by atoms with van der Waals surface area (Å²) in [5.74, 6) is -0.553. The van der Waals surface area contributed by atoms with Gasteiger partial charge in [0.15, 0.2) is 0 Å². The maximum atomic E-state index is 14.5. The van der Waals surface area contributed by atoms with E-state index in [2.05, 4.69) is 10.6 Å². The van der Waals surface area contributed by atoms with Gasteiger partial charge in [-0.15, -0.1) is 0 Å². The maximum Gasteiger partial charge on any atom is 0.261 e. The number of fused-ring (bicyclic) bond motifs is 1. The van der Waals surface area contributed by atoms with Crippen LogP contribution in [0, 0.1) is 0 Å². The fraction of sp³-hybridized carbons (Fsp3) is 0.333. The topological polar surface area (TPSA) is 79.9 Å². The number of nitrogens with zero attached hydrogens (tertiary/aromatic N) is 1. The van der Waals surface area contributed by atoms with E-state index < -0.39 is 6.17 Å². The van der Waals surface area contributed by atoms with E-state index in [0.29, 0.717) is 37.4 Å². The van der Waals surface area contributed by atoms with Crippen molar-refractivity contribution < 1.29 is 23.5 Å². The minimum Gasteiger partial charge on any atom is -0.378 e. The number of benzene rings is 3. The second-order valence-corrected chi connectivity index (χ2v) is 9.00. The highest BCUT2D eigenvalue weighted by Crippen LogP contribution is 2.22. The molecular weight excluding hydrogens is 485 g/mol. The molecule has 4 rings (SSSR count). The van der Waals surface area contributed by atoms with Gasteiger partial charge in [-0.05, 0) is 23.3 Å². The van der Waals surface area contributed by atoms with Crippen LogP contribution in [0.3, 0.4) is 0 Å². The van der Waals surface area contributed by atoms with Crippen molar-refractivity contribution in [1.29, 1.82) is 0 Å². The molecule has 0 fully saturated rings. The van der Waals surface area contributed by atoms with Crippen LogP contribution in [0.5, 0.6) is 0 Å². The third-order valence-corrected chi connectivity index (χ3v) is 6.29. The molecule has 1 aliphatic heterocycles. The molecule has 0 spiro atoms. The molecule has 0 radical (unpaired) electrons. The van der Waals surface area contributed by atoms with Crippen LogP contribution in [-0.4, -0.2) is 75.5 Å². The third kappa shape index (κ3) is 7.55. The number of amides is 2. The van der Waals surface area contributed by atoms with Crippen LogP contribution in [0.15, 0.2) is 84.9 Å². The second-order valence-electron chi connectivity index (χ2n) is 9.00. The molecule has 0 saturated carbocycles. The lowest BCUT2D eigenvalue weighted by molar-refractivity contribution is 0.0560. The Hall–Kier alpha value is -3.43. The van der Waals surface area contributed by atoms with Gasteiger partial charge < -0.3 is 20.1 Å². The van der Waals surface area contributed by atoms with Gasteiger partial charge in [0, 0.05) is 19.6 Å². The van der Waals surface area contributed by atoms with E-state index in [4.69, 9.17) is 9.47 Å². The first kappa shape index (κ1) is 27.6. The highest BCUT2D eigenvalue weighted by atomic mass is 19.1. The van der Waals surface area contributed by atoms with Gasteiger partial charge in [0.1, 0.15) is 6.17 Å². The molecule has 38 heavy (non-hydrogen) atoms. The summed E-state index contributed by atoms with van der Waals surface area (Å²) in [5, 5.41) is 6.51. The lowest BCUT2D eigenvalue weighted by Gasteiger charge is -2.21. The van der Waals surface area contributed by atoms with Gasteiger partial charge in [0.25, 0.3) is 11.8 Å². The monoisotopic (exact) mass is 519 g/mol. The van der Waals surface area contributed by atoms with Crippen LogP contribution in [0.2, 0.25) is 0 Å². The summed E-state index contributed by atoms with van der Waals surface area (Å²) in [6, 6.07) is 26.7. The average Bonchev–Trinajstić information content (AvgIpc) is 3.20. The molecule has 0 saturated heterocycles. The summed E-state index contributed by atoms with van der Waals surface area (Å²) >= 11 is 0. The smallest absolute Gasteiger partial charge is 0.261 e. The number of nitrogens with one attached hydrogen (secondary N) is 2. The number of imide groups is 1. The van der Waals surface area contributed by atoms with Crippen LogP contribution < -0.4 is 10.6 Å². The SMILES string of the molecule is O=C1c2ccccc2C(=O)N1CCOCCNCCOCC(F)CNC(c1ccccc1)c1ccccc1. The van der Waals surface area contributed by atoms with E-state index in [0.717, 1.165) is 11.1 Å². The summed E-state index contributed by atoms with van der Waals surface area (Å²) in [7, 11) is 0. The molecule has 3 aromatic carbocycles. The van der Waals surface area contributed by atoms with Gasteiger partial charge >= 0.3 is 0 Å². The van der Waals surface area contributed by atoms with Crippen molar-refractivity contribution in [3.63, 3.8) is 0 Å². The average molecular weight is 520 g/mol. The predicted octanol–water partition coefficient (Wildman–Crippen LogP) is 3.62. The van der Waals surface area contributed by atoms with Crippen molar-refractivity contribution in [2.75, 3.05) is 52.6 Å². The standard InChI is InChI=1S/C30H34FN3O4/c31-25(21-33-28(23-9-3-1-4-10-23)24-11-5-2-6-12-24)22-38-19-16-32-15-18-37-20-17-34-29(35)26-13-7-8-14-27(26)30(34)36/h1-14,25,28,32-33H,15-22H2. The Bertz CT molecular complexity index is 1090. The van der Waals surface area contributed by atoms with Gasteiger partial charge in [-0.2, -0.15) is 0 Å². The molecular formula is C30H34FN3O4. The van der Waals surface area contributed by atoms with Crippen molar-refractivity contribution in [2.45, 2.75) is 12.2 Å². The molecule has 1 atom stereocenters. The van der Waals surface area contributed by atoms with E-state index >= 15 is 0 Å². The quantitative estimate of drug-likeness (QED) is 0.222. The van der Waals surface area contributed by atoms with E-state index in [-0.39, 0.29) is 44.2 Å². The van der Waals surface area contributed by atoms with Gasteiger partial charge in [0.2, 0.25) is 0 Å². The van der Waals surface area contributed by atoms with Crippen LogP contribution >= 0.6 is 0 Å². The number of hydrogen-bond acceptors (Lipinski definition) is 6. The summed E-state index contributed by atoms with van der Waals surface area (Å²) < 4.78 is 25.5. The normalized spacial score (nSPS) is 13.8. The molecule has 2 amide bonds. The number of halogens is 1.